The largest absolute Gasteiger partial charge is 0.490 e. The normalized spacial score (nSPS) is 12.8. The molecule has 39 heavy (non-hydrogen) atoms. The smallest absolute Gasteiger partial charge is 0.329 e. The maximum absolute atomic E-state index is 11.8. The number of unbranched alkanes of at least 4 members (excludes halogenated alkanes) is 11. The number of benzene rings is 1. The molecule has 0 saturated heterocycles. The summed E-state index contributed by atoms with van der Waals surface area (Å²) >= 11 is 0. The van der Waals surface area contributed by atoms with Crippen LogP contribution in [0.2, 0.25) is 0 Å². The van der Waals surface area contributed by atoms with Crippen molar-refractivity contribution >= 4 is 14.6 Å². The highest BCUT2D eigenvalue weighted by molar-refractivity contribution is 7.40. The van der Waals surface area contributed by atoms with E-state index in [0.29, 0.717) is 6.61 Å². The Morgan fingerprint density at radius 1 is 0.821 bits per heavy atom. The highest BCUT2D eigenvalue weighted by atomic mass is 31.2. The molecule has 0 aliphatic carbocycles. The third-order valence-electron chi connectivity index (χ3n) is 6.68. The molecule has 7 nitrogen and oxygen atoms in total. The summed E-state index contributed by atoms with van der Waals surface area (Å²) in [5.74, 6) is 0.393. The molecular formula is C31H57NO6P+. The molecule has 0 bridgehead atoms. The topological polar surface area (TPSA) is 90.8 Å². The Hall–Kier alpha value is -1.24. The first-order valence-electron chi connectivity index (χ1n) is 15.6. The van der Waals surface area contributed by atoms with Gasteiger partial charge in [0.15, 0.2) is 6.10 Å². The SMILES string of the molecule is CCCCCCCCCCCCCCc1ccc(OCC(COP(O)OCCC[NH2+]CC)OC(=O)CC)cc1. The zero-order chi connectivity index (χ0) is 28.4. The van der Waals surface area contributed by atoms with Crippen LogP contribution in [0.1, 0.15) is 116 Å². The number of aryl methyl sites for hydroxylation is 1. The number of carbonyl (C=O) groups is 1. The fourth-order valence-corrected chi connectivity index (χ4v) is 4.91. The van der Waals surface area contributed by atoms with Crippen LogP contribution in [0.25, 0.3) is 0 Å². The second kappa shape index (κ2) is 25.7. The predicted octanol–water partition coefficient (Wildman–Crippen LogP) is 6.86. The molecule has 0 saturated carbocycles. The van der Waals surface area contributed by atoms with Crippen LogP contribution in [0, 0.1) is 0 Å². The minimum atomic E-state index is -2.01. The number of nitrogens with two attached hydrogens (primary N) is 1. The van der Waals surface area contributed by atoms with E-state index in [1.807, 2.05) is 12.1 Å². The molecular weight excluding hydrogens is 513 g/mol. The molecule has 0 spiro atoms. The summed E-state index contributed by atoms with van der Waals surface area (Å²) in [4.78, 5) is 21.8. The van der Waals surface area contributed by atoms with Gasteiger partial charge in [0.1, 0.15) is 12.4 Å². The standard InChI is InChI=1S/C31H56NO6P/c1-4-7-8-9-10-11-12-13-14-15-16-17-19-28-20-22-29(23-21-28)35-26-30(38-31(33)5-2)27-37-39(34)36-25-18-24-32-6-3/h20-23,30,32,34H,4-19,24-27H2,1-3H3/p+1. The maximum Gasteiger partial charge on any atom is 0.329 e. The van der Waals surface area contributed by atoms with E-state index < -0.39 is 14.7 Å². The first-order chi connectivity index (χ1) is 19.1. The summed E-state index contributed by atoms with van der Waals surface area (Å²) < 4.78 is 22.0. The molecule has 226 valence electrons. The Morgan fingerprint density at radius 2 is 1.44 bits per heavy atom. The van der Waals surface area contributed by atoms with Crippen molar-refractivity contribution in [3.8, 4) is 5.75 Å². The van der Waals surface area contributed by atoms with E-state index in [1.54, 1.807) is 6.92 Å². The fourth-order valence-electron chi connectivity index (χ4n) is 4.26. The summed E-state index contributed by atoms with van der Waals surface area (Å²) in [6, 6.07) is 8.14. The van der Waals surface area contributed by atoms with Crippen LogP contribution in [0.3, 0.4) is 0 Å². The highest BCUT2D eigenvalue weighted by Crippen LogP contribution is 2.33. The average Bonchev–Trinajstić information content (AvgIpc) is 2.95. The Balaban J connectivity index is 2.22. The van der Waals surface area contributed by atoms with Gasteiger partial charge in [-0.25, -0.2) is 0 Å². The van der Waals surface area contributed by atoms with Gasteiger partial charge in [0.25, 0.3) is 0 Å². The fraction of sp³-hybridized carbons (Fsp3) is 0.774. The monoisotopic (exact) mass is 570 g/mol. The summed E-state index contributed by atoms with van der Waals surface area (Å²) in [6.45, 7) is 8.68. The van der Waals surface area contributed by atoms with Crippen molar-refractivity contribution in [3.63, 3.8) is 0 Å². The van der Waals surface area contributed by atoms with Gasteiger partial charge in [0.05, 0.1) is 26.3 Å². The highest BCUT2D eigenvalue weighted by Gasteiger charge is 2.18. The molecule has 0 amide bonds. The lowest BCUT2D eigenvalue weighted by atomic mass is 10.0. The Labute approximate surface area is 239 Å². The number of hydrogen-bond acceptors (Lipinski definition) is 6. The van der Waals surface area contributed by atoms with Crippen molar-refractivity contribution in [2.24, 2.45) is 0 Å². The third-order valence-corrected chi connectivity index (χ3v) is 7.45. The summed E-state index contributed by atoms with van der Waals surface area (Å²) in [7, 11) is -2.01. The van der Waals surface area contributed by atoms with Crippen LogP contribution in [-0.2, 0) is 25.0 Å². The van der Waals surface area contributed by atoms with Crippen LogP contribution in [0.15, 0.2) is 24.3 Å². The van der Waals surface area contributed by atoms with Gasteiger partial charge in [-0.1, -0.05) is 96.6 Å². The van der Waals surface area contributed by atoms with Crippen molar-refractivity contribution in [1.29, 1.82) is 0 Å². The zero-order valence-electron chi connectivity index (χ0n) is 25.0. The van der Waals surface area contributed by atoms with Crippen molar-refractivity contribution in [3.05, 3.63) is 29.8 Å². The van der Waals surface area contributed by atoms with Crippen LogP contribution < -0.4 is 10.1 Å². The molecule has 0 aliphatic rings. The van der Waals surface area contributed by atoms with Gasteiger partial charge in [-0.05, 0) is 37.5 Å². The third kappa shape index (κ3) is 21.2. The van der Waals surface area contributed by atoms with Crippen molar-refractivity contribution in [2.75, 3.05) is 32.9 Å². The van der Waals surface area contributed by atoms with Crippen molar-refractivity contribution in [2.45, 2.75) is 123 Å². The zero-order valence-corrected chi connectivity index (χ0v) is 25.9. The minimum Gasteiger partial charge on any atom is -0.490 e. The summed E-state index contributed by atoms with van der Waals surface area (Å²) in [5, 5.41) is 2.17. The van der Waals surface area contributed by atoms with Gasteiger partial charge in [-0.2, -0.15) is 0 Å². The molecule has 1 aromatic carbocycles. The van der Waals surface area contributed by atoms with E-state index in [2.05, 4.69) is 31.3 Å². The predicted molar refractivity (Wildman–Crippen MR) is 160 cm³/mol. The average molecular weight is 571 g/mol. The lowest BCUT2D eigenvalue weighted by molar-refractivity contribution is -0.652. The molecule has 0 radical (unpaired) electrons. The van der Waals surface area contributed by atoms with Crippen LogP contribution in [0.5, 0.6) is 5.75 Å². The molecule has 0 aromatic heterocycles. The molecule has 2 atom stereocenters. The van der Waals surface area contributed by atoms with Gasteiger partial charge >= 0.3 is 14.6 Å². The number of esters is 1. The molecule has 1 rings (SSSR count). The molecule has 3 N–H and O–H groups in total. The first kappa shape index (κ1) is 35.8. The Bertz CT molecular complexity index is 690. The van der Waals surface area contributed by atoms with Gasteiger partial charge < -0.3 is 28.7 Å². The first-order valence-corrected chi connectivity index (χ1v) is 16.7. The van der Waals surface area contributed by atoms with E-state index in [-0.39, 0.29) is 25.6 Å². The van der Waals surface area contributed by atoms with E-state index >= 15 is 0 Å². The summed E-state index contributed by atoms with van der Waals surface area (Å²) in [6.07, 6.45) is 17.9. The molecule has 0 heterocycles. The molecule has 2 unspecified atom stereocenters. The minimum absolute atomic E-state index is 0.0199. The van der Waals surface area contributed by atoms with Crippen LogP contribution >= 0.6 is 8.60 Å². The van der Waals surface area contributed by atoms with E-state index in [1.165, 1.54) is 82.6 Å². The van der Waals surface area contributed by atoms with E-state index in [4.69, 9.17) is 18.5 Å². The van der Waals surface area contributed by atoms with Gasteiger partial charge in [-0.3, -0.25) is 4.79 Å². The lowest BCUT2D eigenvalue weighted by Gasteiger charge is -2.19. The lowest BCUT2D eigenvalue weighted by Crippen LogP contribution is -2.83. The van der Waals surface area contributed by atoms with E-state index in [9.17, 15) is 9.69 Å². The van der Waals surface area contributed by atoms with Gasteiger partial charge in [0.2, 0.25) is 0 Å². The van der Waals surface area contributed by atoms with Crippen LogP contribution in [-0.4, -0.2) is 49.9 Å². The Kier molecular flexibility index (Phi) is 23.6. The molecule has 8 heteroatoms. The second-order valence-corrected chi connectivity index (χ2v) is 11.3. The van der Waals surface area contributed by atoms with Crippen molar-refractivity contribution in [1.82, 2.24) is 0 Å². The number of rotatable bonds is 27. The van der Waals surface area contributed by atoms with Gasteiger partial charge in [0, 0.05) is 12.8 Å². The van der Waals surface area contributed by atoms with Gasteiger partial charge in [-0.15, -0.1) is 0 Å². The Morgan fingerprint density at radius 3 is 2.03 bits per heavy atom. The number of carbonyl (C=O) groups excluding carboxylic acids is 1. The van der Waals surface area contributed by atoms with E-state index in [0.717, 1.165) is 31.7 Å². The van der Waals surface area contributed by atoms with Crippen LogP contribution in [0.4, 0.5) is 0 Å². The molecule has 1 aromatic rings. The quantitative estimate of drug-likeness (QED) is 0.0683. The maximum atomic E-state index is 11.8. The summed E-state index contributed by atoms with van der Waals surface area (Å²) in [5.41, 5.74) is 1.31. The second-order valence-electron chi connectivity index (χ2n) is 10.3. The number of hydrogen-bond donors (Lipinski definition) is 2. The number of quaternary nitrogens is 1. The number of ether oxygens (including phenoxy) is 2. The molecule has 0 fully saturated rings. The molecule has 0 aliphatic heterocycles. The van der Waals surface area contributed by atoms with Crippen molar-refractivity contribution < 1.29 is 33.5 Å².